The van der Waals surface area contributed by atoms with E-state index >= 15 is 0 Å². The molecule has 0 spiro atoms. The normalized spacial score (nSPS) is 13.4. The first-order valence-electron chi connectivity index (χ1n) is 11.3. The van der Waals surface area contributed by atoms with Gasteiger partial charge in [0.1, 0.15) is 16.4 Å². The molecular formula is C25H23N5O2S2. The summed E-state index contributed by atoms with van der Waals surface area (Å²) in [5.74, 6) is 2.73. The fourth-order valence-corrected chi connectivity index (χ4v) is 6.62. The highest BCUT2D eigenvalue weighted by Crippen LogP contribution is 2.34. The van der Waals surface area contributed by atoms with Crippen LogP contribution in [0.25, 0.3) is 21.6 Å². The highest BCUT2D eigenvalue weighted by atomic mass is 32.2. The number of hydrogen-bond donors (Lipinski definition) is 1. The molecule has 5 aromatic rings. The number of fused-ring (bicyclic) bond motifs is 3. The molecule has 0 atom stereocenters. The number of rotatable bonds is 6. The van der Waals surface area contributed by atoms with Crippen LogP contribution < -0.4 is 5.56 Å². The average Bonchev–Trinajstić information content (AvgIpc) is 3.55. The summed E-state index contributed by atoms with van der Waals surface area (Å²) in [6, 6.07) is 12.2. The number of nitrogens with one attached hydrogen (secondary N) is 1. The first-order chi connectivity index (χ1) is 16.7. The Kier molecular flexibility index (Phi) is 5.58. The molecule has 1 aliphatic rings. The zero-order valence-electron chi connectivity index (χ0n) is 18.7. The topological polar surface area (TPSA) is 89.6 Å². The van der Waals surface area contributed by atoms with E-state index in [2.05, 4.69) is 31.9 Å². The third-order valence-electron chi connectivity index (χ3n) is 6.21. The van der Waals surface area contributed by atoms with Gasteiger partial charge in [0, 0.05) is 4.88 Å². The van der Waals surface area contributed by atoms with Gasteiger partial charge in [-0.05, 0) is 49.8 Å². The van der Waals surface area contributed by atoms with Crippen molar-refractivity contribution in [2.75, 3.05) is 0 Å². The lowest BCUT2D eigenvalue weighted by atomic mass is 9.97. The molecule has 1 aliphatic carbocycles. The molecule has 1 aromatic carbocycles. The average molecular weight is 490 g/mol. The van der Waals surface area contributed by atoms with Crippen LogP contribution in [0.5, 0.6) is 0 Å². The Morgan fingerprint density at radius 1 is 1.15 bits per heavy atom. The number of H-pyrrole nitrogens is 1. The predicted octanol–water partition coefficient (Wildman–Crippen LogP) is 5.36. The quantitative estimate of drug-likeness (QED) is 0.323. The van der Waals surface area contributed by atoms with Gasteiger partial charge in [-0.15, -0.1) is 21.5 Å². The maximum Gasteiger partial charge on any atom is 0.259 e. The maximum absolute atomic E-state index is 12.9. The fraction of sp³-hybridized carbons (Fsp3) is 0.280. The van der Waals surface area contributed by atoms with Crippen molar-refractivity contribution >= 4 is 33.3 Å². The summed E-state index contributed by atoms with van der Waals surface area (Å²) in [6.45, 7) is 2.56. The lowest BCUT2D eigenvalue weighted by Gasteiger charge is -2.10. The highest BCUT2D eigenvalue weighted by molar-refractivity contribution is 7.98. The van der Waals surface area contributed by atoms with Gasteiger partial charge in [0.2, 0.25) is 0 Å². The van der Waals surface area contributed by atoms with Gasteiger partial charge in [-0.2, -0.15) is 0 Å². The second-order valence-corrected chi connectivity index (χ2v) is 10.5. The molecule has 4 aromatic heterocycles. The summed E-state index contributed by atoms with van der Waals surface area (Å²) in [5.41, 5.74) is 3.26. The summed E-state index contributed by atoms with van der Waals surface area (Å²) < 4.78 is 7.61. The van der Waals surface area contributed by atoms with Crippen LogP contribution in [0, 0.1) is 6.92 Å². The van der Waals surface area contributed by atoms with Gasteiger partial charge < -0.3 is 9.40 Å². The van der Waals surface area contributed by atoms with Crippen molar-refractivity contribution in [3.63, 3.8) is 0 Å². The van der Waals surface area contributed by atoms with E-state index in [1.54, 1.807) is 17.6 Å². The van der Waals surface area contributed by atoms with Crippen LogP contribution in [-0.4, -0.2) is 24.7 Å². The van der Waals surface area contributed by atoms with Gasteiger partial charge in [-0.3, -0.25) is 9.36 Å². The molecule has 34 heavy (non-hydrogen) atoms. The molecule has 1 N–H and O–H groups in total. The Balaban J connectivity index is 1.32. The van der Waals surface area contributed by atoms with Gasteiger partial charge in [0.25, 0.3) is 5.56 Å². The molecule has 0 bridgehead atoms. The molecule has 0 amide bonds. The molecule has 0 aliphatic heterocycles. The molecule has 172 valence electrons. The molecule has 0 radical (unpaired) electrons. The zero-order chi connectivity index (χ0) is 23.1. The molecule has 6 rings (SSSR count). The van der Waals surface area contributed by atoms with Gasteiger partial charge >= 0.3 is 0 Å². The van der Waals surface area contributed by atoms with Gasteiger partial charge in [-0.1, -0.05) is 42.1 Å². The minimum absolute atomic E-state index is 0.0273. The zero-order valence-corrected chi connectivity index (χ0v) is 20.3. The van der Waals surface area contributed by atoms with E-state index in [1.807, 2.05) is 31.2 Å². The Labute approximate surface area is 204 Å². The second kappa shape index (κ2) is 8.88. The molecule has 0 unspecified atom stereocenters. The van der Waals surface area contributed by atoms with Crippen LogP contribution in [0.15, 0.2) is 57.0 Å². The van der Waals surface area contributed by atoms with Crippen LogP contribution in [0.2, 0.25) is 0 Å². The number of aromatic amines is 1. The summed E-state index contributed by atoms with van der Waals surface area (Å²) >= 11 is 3.20. The van der Waals surface area contributed by atoms with Crippen molar-refractivity contribution in [1.29, 1.82) is 0 Å². The van der Waals surface area contributed by atoms with Crippen molar-refractivity contribution in [2.24, 2.45) is 0 Å². The van der Waals surface area contributed by atoms with Crippen molar-refractivity contribution in [2.45, 2.75) is 50.1 Å². The summed E-state index contributed by atoms with van der Waals surface area (Å²) in [4.78, 5) is 22.9. The smallest absolute Gasteiger partial charge is 0.259 e. The first kappa shape index (κ1) is 21.4. The minimum atomic E-state index is -0.0273. The first-order valence-corrected chi connectivity index (χ1v) is 13.2. The standard InChI is InChI=1S/C25H23N5O2S2/c1-15-17(11-12-32-15)22-28-29-25(30(22)13-16-7-3-2-4-8-16)33-14-20-26-23(31)21-18-9-5-6-10-19(18)34-24(21)27-20/h2-4,7-8,11-12H,5-6,9-10,13-14H2,1H3,(H,26,27,31). The maximum atomic E-state index is 12.9. The van der Waals surface area contributed by atoms with Crippen molar-refractivity contribution in [3.05, 3.63) is 80.6 Å². The Hall–Kier alpha value is -3.17. The molecular weight excluding hydrogens is 466 g/mol. The molecule has 0 saturated carbocycles. The van der Waals surface area contributed by atoms with Crippen LogP contribution in [0.1, 0.15) is 40.4 Å². The molecule has 9 heteroatoms. The van der Waals surface area contributed by atoms with E-state index < -0.39 is 0 Å². The predicted molar refractivity (Wildman–Crippen MR) is 134 cm³/mol. The van der Waals surface area contributed by atoms with Crippen LogP contribution in [0.4, 0.5) is 0 Å². The Morgan fingerprint density at radius 3 is 2.82 bits per heavy atom. The summed E-state index contributed by atoms with van der Waals surface area (Å²) in [6.07, 6.45) is 6.04. The van der Waals surface area contributed by atoms with Crippen LogP contribution in [0.3, 0.4) is 0 Å². The lowest BCUT2D eigenvalue weighted by Crippen LogP contribution is -2.12. The number of thioether (sulfide) groups is 1. The van der Waals surface area contributed by atoms with Gasteiger partial charge in [0.15, 0.2) is 11.0 Å². The fourth-order valence-electron chi connectivity index (χ4n) is 4.53. The second-order valence-electron chi connectivity index (χ2n) is 8.46. The molecule has 7 nitrogen and oxygen atoms in total. The Morgan fingerprint density at radius 2 is 2.00 bits per heavy atom. The lowest BCUT2D eigenvalue weighted by molar-refractivity contribution is 0.534. The van der Waals surface area contributed by atoms with E-state index in [0.29, 0.717) is 18.1 Å². The number of thiophene rings is 1. The number of hydrogen-bond acceptors (Lipinski definition) is 7. The van der Waals surface area contributed by atoms with Crippen molar-refractivity contribution in [1.82, 2.24) is 24.7 Å². The molecule has 4 heterocycles. The van der Waals surface area contributed by atoms with E-state index in [9.17, 15) is 4.79 Å². The van der Waals surface area contributed by atoms with E-state index in [4.69, 9.17) is 9.40 Å². The van der Waals surface area contributed by atoms with Crippen molar-refractivity contribution in [3.8, 4) is 11.4 Å². The van der Waals surface area contributed by atoms with Crippen molar-refractivity contribution < 1.29 is 4.42 Å². The highest BCUT2D eigenvalue weighted by Gasteiger charge is 2.21. The van der Waals surface area contributed by atoms with Gasteiger partial charge in [0.05, 0.1) is 29.5 Å². The number of furan rings is 1. The minimum Gasteiger partial charge on any atom is -0.469 e. The number of aryl methyl sites for hydroxylation is 3. The third kappa shape index (κ3) is 3.88. The summed E-state index contributed by atoms with van der Waals surface area (Å²) in [5, 5.41) is 10.5. The van der Waals surface area contributed by atoms with Gasteiger partial charge in [-0.25, -0.2) is 4.98 Å². The third-order valence-corrected chi connectivity index (χ3v) is 8.38. The molecule has 0 saturated heterocycles. The van der Waals surface area contributed by atoms with Crippen LogP contribution in [-0.2, 0) is 25.1 Å². The number of nitrogens with zero attached hydrogens (tertiary/aromatic N) is 4. The van der Waals surface area contributed by atoms with E-state index in [-0.39, 0.29) is 5.56 Å². The van der Waals surface area contributed by atoms with E-state index in [0.717, 1.165) is 57.3 Å². The van der Waals surface area contributed by atoms with E-state index in [1.165, 1.54) is 28.6 Å². The van der Waals surface area contributed by atoms with Crippen LogP contribution >= 0.6 is 23.1 Å². The number of aromatic nitrogens is 5. The summed E-state index contributed by atoms with van der Waals surface area (Å²) in [7, 11) is 0. The monoisotopic (exact) mass is 489 g/mol. The largest absolute Gasteiger partial charge is 0.469 e. The number of benzene rings is 1. The SMILES string of the molecule is Cc1occc1-c1nnc(SCc2nc3sc4c(c3c(=O)[nH]2)CCCC4)n1Cc1ccccc1. The molecule has 0 fully saturated rings. The Bertz CT molecular complexity index is 1530.